The van der Waals surface area contributed by atoms with Gasteiger partial charge in [0.2, 0.25) is 4.96 Å². The van der Waals surface area contributed by atoms with Gasteiger partial charge in [-0.05, 0) is 24.0 Å². The Hall–Kier alpha value is -1.75. The molecule has 10 heteroatoms. The summed E-state index contributed by atoms with van der Waals surface area (Å²) in [5.41, 5.74) is 3.22. The van der Waals surface area contributed by atoms with E-state index < -0.39 is 0 Å². The van der Waals surface area contributed by atoms with Gasteiger partial charge in [-0.25, -0.2) is 4.98 Å². The lowest BCUT2D eigenvalue weighted by atomic mass is 10.0. The Bertz CT molecular complexity index is 1180. The molecule has 6 nitrogen and oxygen atoms in total. The van der Waals surface area contributed by atoms with Crippen LogP contribution in [-0.2, 0) is 11.5 Å². The highest BCUT2D eigenvalue weighted by Gasteiger charge is 2.10. The number of rotatable bonds is 7. The maximum absolute atomic E-state index is 12.1. The van der Waals surface area contributed by atoms with Crippen LogP contribution in [0.3, 0.4) is 0 Å². The summed E-state index contributed by atoms with van der Waals surface area (Å²) in [5.74, 6) is 2.00. The minimum atomic E-state index is -0.146. The van der Waals surface area contributed by atoms with Crippen LogP contribution in [0.4, 0.5) is 0 Å². The molecule has 29 heavy (non-hydrogen) atoms. The molecule has 3 aromatic heterocycles. The molecular formula is C19H19N5OS4. The van der Waals surface area contributed by atoms with Crippen LogP contribution in [0.1, 0.15) is 41.6 Å². The minimum Gasteiger partial charge on any atom is -0.267 e. The van der Waals surface area contributed by atoms with E-state index in [1.807, 2.05) is 6.92 Å². The standard InChI is InChI=1S/C19H19N5OS4/c1-11(2)14-6-4-13(5-7-14)9-26-18-21-22-19(29-18)27-10-15-8-16(25)24-17(20-15)28-12(3)23-24/h4-8,11H,9-10H2,1-3H3. The Kier molecular flexibility index (Phi) is 6.33. The van der Waals surface area contributed by atoms with E-state index in [2.05, 4.69) is 58.4 Å². The topological polar surface area (TPSA) is 73.0 Å². The molecule has 0 N–H and O–H groups in total. The summed E-state index contributed by atoms with van der Waals surface area (Å²) in [6, 6.07) is 10.3. The zero-order chi connectivity index (χ0) is 20.4. The number of aromatic nitrogens is 5. The highest BCUT2D eigenvalue weighted by Crippen LogP contribution is 2.32. The van der Waals surface area contributed by atoms with Gasteiger partial charge in [0.1, 0.15) is 5.01 Å². The Morgan fingerprint density at radius 1 is 1.03 bits per heavy atom. The largest absolute Gasteiger partial charge is 0.275 e. The molecule has 0 spiro atoms. The third-order valence-corrected chi connectivity index (χ3v) is 8.26. The molecule has 150 valence electrons. The SMILES string of the molecule is Cc1nn2c(=O)cc(CSc3nnc(SCc4ccc(C(C)C)cc4)s3)nc2s1. The Labute approximate surface area is 184 Å². The second-order valence-corrected chi connectivity index (χ2v) is 11.3. The van der Waals surface area contributed by atoms with E-state index in [1.54, 1.807) is 34.9 Å². The summed E-state index contributed by atoms with van der Waals surface area (Å²) < 4.78 is 3.17. The van der Waals surface area contributed by atoms with Gasteiger partial charge in [0, 0.05) is 17.6 Å². The molecular weight excluding hydrogens is 443 g/mol. The molecule has 0 unspecified atom stereocenters. The van der Waals surface area contributed by atoms with E-state index in [0.717, 1.165) is 25.1 Å². The van der Waals surface area contributed by atoms with Crippen molar-refractivity contribution >= 4 is 51.2 Å². The molecule has 0 atom stereocenters. The fourth-order valence-electron chi connectivity index (χ4n) is 2.62. The summed E-state index contributed by atoms with van der Waals surface area (Å²) in [4.78, 5) is 17.3. The van der Waals surface area contributed by atoms with E-state index in [0.29, 0.717) is 16.6 Å². The van der Waals surface area contributed by atoms with Gasteiger partial charge in [-0.15, -0.1) is 10.2 Å². The van der Waals surface area contributed by atoms with Crippen molar-refractivity contribution in [3.63, 3.8) is 0 Å². The minimum absolute atomic E-state index is 0.146. The predicted octanol–water partition coefficient (Wildman–Crippen LogP) is 5.02. The summed E-state index contributed by atoms with van der Waals surface area (Å²) in [6.07, 6.45) is 0. The van der Waals surface area contributed by atoms with Crippen molar-refractivity contribution in [2.75, 3.05) is 0 Å². The predicted molar refractivity (Wildman–Crippen MR) is 121 cm³/mol. The molecule has 0 aliphatic carbocycles. The lowest BCUT2D eigenvalue weighted by Crippen LogP contribution is -2.15. The van der Waals surface area contributed by atoms with Gasteiger partial charge in [-0.1, -0.05) is 84.3 Å². The summed E-state index contributed by atoms with van der Waals surface area (Å²) >= 11 is 6.23. The number of thioether (sulfide) groups is 2. The van der Waals surface area contributed by atoms with Crippen molar-refractivity contribution in [3.05, 3.63) is 62.5 Å². The van der Waals surface area contributed by atoms with Crippen LogP contribution in [0.5, 0.6) is 0 Å². The van der Waals surface area contributed by atoms with E-state index in [-0.39, 0.29) is 5.56 Å². The first-order valence-electron chi connectivity index (χ1n) is 9.02. The molecule has 0 saturated carbocycles. The smallest absolute Gasteiger partial charge is 0.267 e. The molecule has 4 aromatic rings. The van der Waals surface area contributed by atoms with Gasteiger partial charge < -0.3 is 0 Å². The monoisotopic (exact) mass is 461 g/mol. The maximum Gasteiger partial charge on any atom is 0.275 e. The average Bonchev–Trinajstić information content (AvgIpc) is 3.31. The van der Waals surface area contributed by atoms with Crippen molar-refractivity contribution in [2.24, 2.45) is 0 Å². The third kappa shape index (κ3) is 5.06. The summed E-state index contributed by atoms with van der Waals surface area (Å²) in [6.45, 7) is 6.27. The zero-order valence-electron chi connectivity index (χ0n) is 16.2. The molecule has 1 aromatic carbocycles. The molecule has 0 radical (unpaired) electrons. The van der Waals surface area contributed by atoms with Gasteiger partial charge in [-0.2, -0.15) is 9.61 Å². The van der Waals surface area contributed by atoms with Gasteiger partial charge in [0.05, 0.1) is 5.69 Å². The first-order valence-corrected chi connectivity index (χ1v) is 12.6. The van der Waals surface area contributed by atoms with E-state index >= 15 is 0 Å². The first kappa shape index (κ1) is 20.5. The van der Waals surface area contributed by atoms with Crippen molar-refractivity contribution in [3.8, 4) is 0 Å². The second-order valence-electron chi connectivity index (χ2n) is 6.71. The molecule has 0 bridgehead atoms. The molecule has 0 saturated heterocycles. The van der Waals surface area contributed by atoms with Crippen molar-refractivity contribution in [1.29, 1.82) is 0 Å². The number of nitrogens with zero attached hydrogens (tertiary/aromatic N) is 5. The average molecular weight is 462 g/mol. The number of hydrogen-bond acceptors (Lipinski definition) is 9. The van der Waals surface area contributed by atoms with Crippen LogP contribution in [0.25, 0.3) is 4.96 Å². The maximum atomic E-state index is 12.1. The molecule has 0 fully saturated rings. The van der Waals surface area contributed by atoms with Crippen LogP contribution in [0, 0.1) is 6.92 Å². The van der Waals surface area contributed by atoms with Gasteiger partial charge in [-0.3, -0.25) is 4.79 Å². The summed E-state index contributed by atoms with van der Waals surface area (Å²) in [7, 11) is 0. The highest BCUT2D eigenvalue weighted by molar-refractivity contribution is 8.02. The van der Waals surface area contributed by atoms with E-state index in [4.69, 9.17) is 0 Å². The number of benzene rings is 1. The fraction of sp³-hybridized carbons (Fsp3) is 0.316. The van der Waals surface area contributed by atoms with Gasteiger partial charge >= 0.3 is 0 Å². The van der Waals surface area contributed by atoms with Crippen LogP contribution in [-0.4, -0.2) is 24.8 Å². The molecule has 0 aliphatic rings. The van der Waals surface area contributed by atoms with Crippen LogP contribution in [0.2, 0.25) is 0 Å². The van der Waals surface area contributed by atoms with Crippen molar-refractivity contribution in [1.82, 2.24) is 24.8 Å². The molecule has 4 rings (SSSR count). The summed E-state index contributed by atoms with van der Waals surface area (Å²) in [5, 5.41) is 13.5. The zero-order valence-corrected chi connectivity index (χ0v) is 19.4. The number of fused-ring (bicyclic) bond motifs is 1. The number of hydrogen-bond donors (Lipinski definition) is 0. The lowest BCUT2D eigenvalue weighted by molar-refractivity contribution is 0.866. The highest BCUT2D eigenvalue weighted by atomic mass is 32.2. The lowest BCUT2D eigenvalue weighted by Gasteiger charge is -2.05. The van der Waals surface area contributed by atoms with Gasteiger partial charge in [0.15, 0.2) is 8.68 Å². The molecule has 3 heterocycles. The third-order valence-electron chi connectivity index (χ3n) is 4.14. The fourth-order valence-corrected chi connectivity index (χ4v) is 6.25. The Balaban J connectivity index is 1.35. The van der Waals surface area contributed by atoms with E-state index in [9.17, 15) is 4.79 Å². The molecule has 0 amide bonds. The van der Waals surface area contributed by atoms with Crippen LogP contribution < -0.4 is 5.56 Å². The second kappa shape index (κ2) is 8.95. The van der Waals surface area contributed by atoms with Crippen molar-refractivity contribution in [2.45, 2.75) is 46.9 Å². The van der Waals surface area contributed by atoms with Gasteiger partial charge in [0.25, 0.3) is 5.56 Å². The molecule has 0 aliphatic heterocycles. The first-order chi connectivity index (χ1) is 14.0. The van der Waals surface area contributed by atoms with E-state index in [1.165, 1.54) is 33.0 Å². The Morgan fingerprint density at radius 3 is 2.41 bits per heavy atom. The quantitative estimate of drug-likeness (QED) is 0.358. The normalized spacial score (nSPS) is 11.6. The van der Waals surface area contributed by atoms with Crippen LogP contribution >= 0.6 is 46.2 Å². The number of aryl methyl sites for hydroxylation is 1. The van der Waals surface area contributed by atoms with Crippen LogP contribution in [0.15, 0.2) is 43.8 Å². The van der Waals surface area contributed by atoms with Crippen molar-refractivity contribution < 1.29 is 0 Å². The Morgan fingerprint density at radius 2 is 1.72 bits per heavy atom.